The Bertz CT molecular complexity index is 1200. The minimum absolute atomic E-state index is 0.0635. The molecule has 2 aromatic carbocycles. The van der Waals surface area contributed by atoms with Gasteiger partial charge in [0.05, 0.1) is 11.1 Å². The highest BCUT2D eigenvalue weighted by atomic mass is 16.5. The number of carbonyl (C=O) groups is 3. The van der Waals surface area contributed by atoms with Crippen molar-refractivity contribution in [2.45, 2.75) is 6.92 Å². The molecule has 0 unspecified atom stereocenters. The van der Waals surface area contributed by atoms with Crippen molar-refractivity contribution in [2.24, 2.45) is 7.05 Å². The van der Waals surface area contributed by atoms with Crippen LogP contribution >= 0.6 is 0 Å². The lowest BCUT2D eigenvalue weighted by molar-refractivity contribution is -0.131. The van der Waals surface area contributed by atoms with Crippen molar-refractivity contribution in [1.82, 2.24) is 4.57 Å². The molecule has 0 spiro atoms. The number of hydrogen-bond acceptors (Lipinski definition) is 5. The Balaban J connectivity index is 2.04. The summed E-state index contributed by atoms with van der Waals surface area (Å²) in [5.74, 6) is -1.34. The Hall–Kier alpha value is -3.54. The first-order valence-electron chi connectivity index (χ1n) is 7.93. The second-order valence-electron chi connectivity index (χ2n) is 6.09. The van der Waals surface area contributed by atoms with Crippen LogP contribution in [0, 0.1) is 0 Å². The van der Waals surface area contributed by atoms with Crippen molar-refractivity contribution < 1.29 is 19.1 Å². The molecule has 6 nitrogen and oxygen atoms in total. The highest BCUT2D eigenvalue weighted by molar-refractivity contribution is 6.28. The Morgan fingerprint density at radius 3 is 2.42 bits per heavy atom. The van der Waals surface area contributed by atoms with Gasteiger partial charge in [-0.25, -0.2) is 0 Å². The highest BCUT2D eigenvalue weighted by Crippen LogP contribution is 2.30. The third kappa shape index (κ3) is 2.12. The summed E-state index contributed by atoms with van der Waals surface area (Å²) in [4.78, 5) is 50.0. The number of nitrogens with zero attached hydrogens (tertiary/aromatic N) is 1. The number of aryl methyl sites for hydroxylation is 1. The molecule has 4 rings (SSSR count). The van der Waals surface area contributed by atoms with Crippen LogP contribution in [0.2, 0.25) is 0 Å². The van der Waals surface area contributed by atoms with E-state index >= 15 is 0 Å². The van der Waals surface area contributed by atoms with Crippen LogP contribution in [0.5, 0.6) is 5.75 Å². The first-order valence-corrected chi connectivity index (χ1v) is 7.93. The molecule has 1 heterocycles. The summed E-state index contributed by atoms with van der Waals surface area (Å²) < 4.78 is 6.57. The second-order valence-corrected chi connectivity index (χ2v) is 6.09. The quantitative estimate of drug-likeness (QED) is 0.390. The molecule has 1 aliphatic carbocycles. The third-order valence-corrected chi connectivity index (χ3v) is 4.49. The van der Waals surface area contributed by atoms with Crippen molar-refractivity contribution in [3.63, 3.8) is 0 Å². The van der Waals surface area contributed by atoms with Gasteiger partial charge >= 0.3 is 5.97 Å². The summed E-state index contributed by atoms with van der Waals surface area (Å²) in [7, 11) is 1.66. The van der Waals surface area contributed by atoms with Crippen molar-refractivity contribution in [3.8, 4) is 5.75 Å². The lowest BCUT2D eigenvalue weighted by Gasteiger charge is -2.21. The van der Waals surface area contributed by atoms with Crippen LogP contribution in [0.1, 0.15) is 38.9 Å². The Kier molecular flexibility index (Phi) is 3.37. The molecule has 0 amide bonds. The van der Waals surface area contributed by atoms with Gasteiger partial charge in [-0.3, -0.25) is 19.2 Å². The van der Waals surface area contributed by atoms with Crippen LogP contribution in [0.4, 0.5) is 0 Å². The largest absolute Gasteiger partial charge is 0.427 e. The monoisotopic (exact) mass is 347 g/mol. The van der Waals surface area contributed by atoms with E-state index in [1.165, 1.54) is 25.1 Å². The van der Waals surface area contributed by atoms with Crippen LogP contribution in [0.15, 0.2) is 47.3 Å². The standard InChI is InChI=1S/C20H13NO5/c1-10(22)26-11-7-8-12-14(9-11)19(24)16-17(20(12)25)21(2)15-6-4-3-5-13(15)18(16)23/h3-9H,1-2H3. The number of hydrogen-bond donors (Lipinski definition) is 0. The van der Waals surface area contributed by atoms with E-state index in [2.05, 4.69) is 0 Å². The zero-order chi connectivity index (χ0) is 18.6. The number of carbonyl (C=O) groups excluding carboxylic acids is 3. The second kappa shape index (κ2) is 5.49. The average molecular weight is 347 g/mol. The maximum atomic E-state index is 13.0. The minimum Gasteiger partial charge on any atom is -0.427 e. The van der Waals surface area contributed by atoms with Crippen molar-refractivity contribution in [2.75, 3.05) is 0 Å². The number of ether oxygens (including phenoxy) is 1. The summed E-state index contributed by atoms with van der Waals surface area (Å²) >= 11 is 0. The number of benzene rings is 2. The predicted octanol–water partition coefficient (Wildman–Crippen LogP) is 2.24. The van der Waals surface area contributed by atoms with Crippen molar-refractivity contribution in [3.05, 3.63) is 75.1 Å². The molecule has 0 saturated carbocycles. The molecule has 0 fully saturated rings. The van der Waals surface area contributed by atoms with Crippen LogP contribution in [-0.4, -0.2) is 22.1 Å². The Morgan fingerprint density at radius 1 is 0.962 bits per heavy atom. The number of para-hydroxylation sites is 1. The van der Waals surface area contributed by atoms with Gasteiger partial charge < -0.3 is 9.30 Å². The fourth-order valence-electron chi connectivity index (χ4n) is 3.37. The minimum atomic E-state index is -0.546. The average Bonchev–Trinajstić information content (AvgIpc) is 2.62. The summed E-state index contributed by atoms with van der Waals surface area (Å²) in [5, 5.41) is 0.370. The van der Waals surface area contributed by atoms with Gasteiger partial charge in [-0.2, -0.15) is 0 Å². The molecular formula is C20H13NO5. The molecule has 128 valence electrons. The summed E-state index contributed by atoms with van der Waals surface area (Å²) in [6.45, 7) is 1.24. The van der Waals surface area contributed by atoms with Gasteiger partial charge in [0, 0.05) is 30.5 Å². The van der Waals surface area contributed by atoms with E-state index in [4.69, 9.17) is 4.74 Å². The molecule has 0 bridgehead atoms. The van der Waals surface area contributed by atoms with E-state index in [9.17, 15) is 19.2 Å². The van der Waals surface area contributed by atoms with E-state index in [0.29, 0.717) is 10.9 Å². The van der Waals surface area contributed by atoms with Gasteiger partial charge in [-0.05, 0) is 30.3 Å². The molecule has 3 aromatic rings. The van der Waals surface area contributed by atoms with Crippen LogP contribution in [0.25, 0.3) is 10.9 Å². The molecule has 6 heteroatoms. The van der Waals surface area contributed by atoms with Crippen molar-refractivity contribution in [1.29, 1.82) is 0 Å². The van der Waals surface area contributed by atoms with E-state index < -0.39 is 23.0 Å². The molecule has 1 aliphatic rings. The van der Waals surface area contributed by atoms with E-state index in [-0.39, 0.29) is 28.1 Å². The third-order valence-electron chi connectivity index (χ3n) is 4.49. The predicted molar refractivity (Wildman–Crippen MR) is 93.8 cm³/mol. The number of aromatic nitrogens is 1. The van der Waals surface area contributed by atoms with Crippen LogP contribution < -0.4 is 10.2 Å². The van der Waals surface area contributed by atoms with Gasteiger partial charge in [-0.1, -0.05) is 12.1 Å². The van der Waals surface area contributed by atoms with Gasteiger partial charge in [0.1, 0.15) is 11.4 Å². The molecule has 0 saturated heterocycles. The smallest absolute Gasteiger partial charge is 0.308 e. The number of esters is 1. The normalized spacial score (nSPS) is 12.7. The molecule has 0 atom stereocenters. The highest BCUT2D eigenvalue weighted by Gasteiger charge is 2.35. The summed E-state index contributed by atoms with van der Waals surface area (Å²) in [6, 6.07) is 11.1. The summed E-state index contributed by atoms with van der Waals surface area (Å²) in [6.07, 6.45) is 0. The van der Waals surface area contributed by atoms with Gasteiger partial charge in [-0.15, -0.1) is 0 Å². The molecule has 0 aliphatic heterocycles. The topological polar surface area (TPSA) is 82.4 Å². The Morgan fingerprint density at radius 2 is 1.69 bits per heavy atom. The summed E-state index contributed by atoms with van der Waals surface area (Å²) in [5.41, 5.74) is 0.278. The van der Waals surface area contributed by atoms with Gasteiger partial charge in [0.25, 0.3) is 0 Å². The van der Waals surface area contributed by atoms with Crippen LogP contribution in [0.3, 0.4) is 0 Å². The lowest BCUT2D eigenvalue weighted by atomic mass is 9.85. The SMILES string of the molecule is CC(=O)Oc1ccc2c(c1)C(=O)c1c(n(C)c3ccccc3c1=O)C2=O. The van der Waals surface area contributed by atoms with E-state index in [1.807, 2.05) is 0 Å². The molecule has 0 radical (unpaired) electrons. The fourth-order valence-corrected chi connectivity index (χ4v) is 3.37. The Labute approximate surface area is 147 Å². The zero-order valence-electron chi connectivity index (χ0n) is 14.0. The number of rotatable bonds is 1. The molecule has 0 N–H and O–H groups in total. The molecule has 26 heavy (non-hydrogen) atoms. The number of ketones is 2. The van der Waals surface area contributed by atoms with Gasteiger partial charge in [0.15, 0.2) is 5.78 Å². The van der Waals surface area contributed by atoms with Crippen molar-refractivity contribution >= 4 is 28.4 Å². The van der Waals surface area contributed by atoms with Crippen LogP contribution in [-0.2, 0) is 11.8 Å². The maximum Gasteiger partial charge on any atom is 0.308 e. The number of pyridine rings is 1. The molecular weight excluding hydrogens is 334 g/mol. The lowest BCUT2D eigenvalue weighted by Crippen LogP contribution is -2.32. The molecule has 1 aromatic heterocycles. The van der Waals surface area contributed by atoms with E-state index in [1.54, 1.807) is 35.9 Å². The first kappa shape index (κ1) is 16.0. The zero-order valence-corrected chi connectivity index (χ0v) is 14.0. The number of fused-ring (bicyclic) bond motifs is 3. The fraction of sp³-hybridized carbons (Fsp3) is 0.100. The maximum absolute atomic E-state index is 13.0. The van der Waals surface area contributed by atoms with E-state index in [0.717, 1.165) is 0 Å². The first-order chi connectivity index (χ1) is 12.4. The van der Waals surface area contributed by atoms with Gasteiger partial charge in [0.2, 0.25) is 11.2 Å².